The molecule has 0 N–H and O–H groups in total. The molecule has 0 aromatic carbocycles. The Balaban J connectivity index is 3.43. The van der Waals surface area contributed by atoms with Crippen LogP contribution < -0.4 is 0 Å². The van der Waals surface area contributed by atoms with Crippen molar-refractivity contribution in [2.45, 2.75) is 19.8 Å². The van der Waals surface area contributed by atoms with Crippen LogP contribution in [0.1, 0.15) is 19.8 Å². The number of methoxy groups -OCH3 is 1. The topological polar surface area (TPSA) is 46.6 Å². The third kappa shape index (κ3) is 4.71. The van der Waals surface area contributed by atoms with Gasteiger partial charge in [0.15, 0.2) is 0 Å². The minimum absolute atomic E-state index is 0.0138. The zero-order valence-electron chi connectivity index (χ0n) is 7.79. The molecular weight excluding hydrogens is 158 g/mol. The first-order valence-corrected chi connectivity index (χ1v) is 3.86. The summed E-state index contributed by atoms with van der Waals surface area (Å²) in [6, 6.07) is 0. The third-order valence-electron chi connectivity index (χ3n) is 1.64. The van der Waals surface area contributed by atoms with Crippen LogP contribution in [0.15, 0.2) is 0 Å². The summed E-state index contributed by atoms with van der Waals surface area (Å²) in [5, 5.41) is 0. The molecule has 12 heavy (non-hydrogen) atoms. The van der Waals surface area contributed by atoms with E-state index < -0.39 is 0 Å². The average Bonchev–Trinajstić information content (AvgIpc) is 2.03. The maximum absolute atomic E-state index is 10.7. The molecule has 0 spiro atoms. The predicted octanol–water partition coefficient (Wildman–Crippen LogP) is 0.418. The lowest BCUT2D eigenvalue weighted by Gasteiger charge is -2.13. The molecule has 0 saturated heterocycles. The van der Waals surface area contributed by atoms with E-state index in [-0.39, 0.29) is 11.9 Å². The highest BCUT2D eigenvalue weighted by Gasteiger charge is 2.03. The van der Waals surface area contributed by atoms with Crippen molar-refractivity contribution in [3.63, 3.8) is 0 Å². The van der Waals surface area contributed by atoms with Crippen molar-refractivity contribution in [3.05, 3.63) is 0 Å². The van der Waals surface area contributed by atoms with Crippen molar-refractivity contribution in [2.24, 2.45) is 0 Å². The Labute approximate surface area is 72.5 Å². The average molecular weight is 173 g/mol. The Kier molecular flexibility index (Phi) is 5.08. The van der Waals surface area contributed by atoms with E-state index in [9.17, 15) is 9.59 Å². The fraction of sp³-hybridized carbons (Fsp3) is 0.750. The van der Waals surface area contributed by atoms with Gasteiger partial charge in [-0.15, -0.1) is 0 Å². The fourth-order valence-corrected chi connectivity index (χ4v) is 0.720. The first kappa shape index (κ1) is 10.9. The zero-order valence-corrected chi connectivity index (χ0v) is 7.79. The lowest BCUT2D eigenvalue weighted by atomic mass is 10.3. The molecule has 0 rings (SSSR count). The van der Waals surface area contributed by atoms with Crippen molar-refractivity contribution in [2.75, 3.05) is 20.7 Å². The van der Waals surface area contributed by atoms with E-state index in [1.54, 1.807) is 11.9 Å². The molecule has 0 aliphatic rings. The Hall–Kier alpha value is -1.06. The third-order valence-corrected chi connectivity index (χ3v) is 1.64. The monoisotopic (exact) mass is 173 g/mol. The summed E-state index contributed by atoms with van der Waals surface area (Å²) in [6.45, 7) is 2.10. The van der Waals surface area contributed by atoms with Gasteiger partial charge in [-0.25, -0.2) is 0 Å². The SMILES string of the molecule is COC(=O)CCCN(C)C(C)=O. The van der Waals surface area contributed by atoms with Gasteiger partial charge in [0, 0.05) is 26.9 Å². The van der Waals surface area contributed by atoms with E-state index in [1.807, 2.05) is 0 Å². The molecule has 1 amide bonds. The van der Waals surface area contributed by atoms with E-state index >= 15 is 0 Å². The number of hydrogen-bond donors (Lipinski definition) is 0. The van der Waals surface area contributed by atoms with E-state index in [2.05, 4.69) is 4.74 Å². The molecule has 0 aliphatic heterocycles. The van der Waals surface area contributed by atoms with Gasteiger partial charge in [-0.2, -0.15) is 0 Å². The summed E-state index contributed by atoms with van der Waals surface area (Å²) < 4.78 is 4.45. The van der Waals surface area contributed by atoms with Gasteiger partial charge in [-0.05, 0) is 6.42 Å². The molecule has 0 aromatic rings. The number of esters is 1. The van der Waals surface area contributed by atoms with Crippen LogP contribution in [0, 0.1) is 0 Å². The van der Waals surface area contributed by atoms with Gasteiger partial charge in [-0.1, -0.05) is 0 Å². The van der Waals surface area contributed by atoms with Gasteiger partial charge >= 0.3 is 5.97 Å². The summed E-state index contributed by atoms with van der Waals surface area (Å²) in [4.78, 5) is 22.9. The Morgan fingerprint density at radius 3 is 2.42 bits per heavy atom. The summed E-state index contributed by atoms with van der Waals surface area (Å²) in [7, 11) is 3.07. The molecule has 70 valence electrons. The van der Waals surface area contributed by atoms with Crippen LogP contribution in [0.3, 0.4) is 0 Å². The highest BCUT2D eigenvalue weighted by molar-refractivity contribution is 5.73. The molecule has 0 heterocycles. The second-order valence-electron chi connectivity index (χ2n) is 2.62. The predicted molar refractivity (Wildman–Crippen MR) is 44.6 cm³/mol. The van der Waals surface area contributed by atoms with E-state index in [0.29, 0.717) is 19.4 Å². The van der Waals surface area contributed by atoms with Gasteiger partial charge < -0.3 is 9.64 Å². The number of hydrogen-bond acceptors (Lipinski definition) is 3. The summed E-state index contributed by atoms with van der Waals surface area (Å²) in [5.74, 6) is -0.216. The molecule has 0 radical (unpaired) electrons. The van der Waals surface area contributed by atoms with Crippen molar-refractivity contribution >= 4 is 11.9 Å². The molecule has 0 fully saturated rings. The number of carbonyl (C=O) groups is 2. The quantitative estimate of drug-likeness (QED) is 0.579. The number of carbonyl (C=O) groups excluding carboxylic acids is 2. The second-order valence-corrected chi connectivity index (χ2v) is 2.62. The molecule has 0 atom stereocenters. The fourth-order valence-electron chi connectivity index (χ4n) is 0.720. The maximum Gasteiger partial charge on any atom is 0.305 e. The van der Waals surface area contributed by atoms with Crippen molar-refractivity contribution in [3.8, 4) is 0 Å². The number of rotatable bonds is 4. The first-order valence-electron chi connectivity index (χ1n) is 3.86. The molecule has 0 unspecified atom stereocenters. The van der Waals surface area contributed by atoms with Crippen LogP contribution in [0.25, 0.3) is 0 Å². The van der Waals surface area contributed by atoms with Crippen LogP contribution in [-0.4, -0.2) is 37.5 Å². The normalized spacial score (nSPS) is 9.25. The molecule has 0 saturated carbocycles. The molecular formula is C8H15NO3. The lowest BCUT2D eigenvalue weighted by molar-refractivity contribution is -0.141. The molecule has 0 aliphatic carbocycles. The van der Waals surface area contributed by atoms with Gasteiger partial charge in [0.25, 0.3) is 0 Å². The number of ether oxygens (including phenoxy) is 1. The molecule has 0 aromatic heterocycles. The van der Waals surface area contributed by atoms with Crippen molar-refractivity contribution in [1.82, 2.24) is 4.90 Å². The van der Waals surface area contributed by atoms with E-state index in [0.717, 1.165) is 0 Å². The largest absolute Gasteiger partial charge is 0.469 e. The van der Waals surface area contributed by atoms with Crippen LogP contribution in [0.4, 0.5) is 0 Å². The van der Waals surface area contributed by atoms with Crippen LogP contribution in [-0.2, 0) is 14.3 Å². The highest BCUT2D eigenvalue weighted by Crippen LogP contribution is 1.94. The standard InChI is InChI=1S/C8H15NO3/c1-7(10)9(2)6-4-5-8(11)12-3/h4-6H2,1-3H3. The maximum atomic E-state index is 10.7. The Morgan fingerprint density at radius 1 is 1.42 bits per heavy atom. The molecule has 0 bridgehead atoms. The van der Waals surface area contributed by atoms with Crippen LogP contribution in [0.2, 0.25) is 0 Å². The minimum atomic E-state index is -0.230. The van der Waals surface area contributed by atoms with E-state index in [1.165, 1.54) is 14.0 Å². The van der Waals surface area contributed by atoms with E-state index in [4.69, 9.17) is 0 Å². The van der Waals surface area contributed by atoms with Crippen LogP contribution in [0.5, 0.6) is 0 Å². The van der Waals surface area contributed by atoms with Crippen molar-refractivity contribution in [1.29, 1.82) is 0 Å². The number of amides is 1. The van der Waals surface area contributed by atoms with Gasteiger partial charge in [-0.3, -0.25) is 9.59 Å². The van der Waals surface area contributed by atoms with Gasteiger partial charge in [0.2, 0.25) is 5.91 Å². The summed E-state index contributed by atoms with van der Waals surface area (Å²) >= 11 is 0. The van der Waals surface area contributed by atoms with Crippen molar-refractivity contribution < 1.29 is 14.3 Å². The second kappa shape index (κ2) is 5.57. The number of nitrogens with zero attached hydrogens (tertiary/aromatic N) is 1. The van der Waals surface area contributed by atoms with Gasteiger partial charge in [0.1, 0.15) is 0 Å². The molecule has 4 heteroatoms. The minimum Gasteiger partial charge on any atom is -0.469 e. The Morgan fingerprint density at radius 2 is 2.00 bits per heavy atom. The summed E-state index contributed by atoms with van der Waals surface area (Å²) in [6.07, 6.45) is 1.02. The zero-order chi connectivity index (χ0) is 9.56. The summed E-state index contributed by atoms with van der Waals surface area (Å²) in [5.41, 5.74) is 0. The van der Waals surface area contributed by atoms with Crippen LogP contribution >= 0.6 is 0 Å². The van der Waals surface area contributed by atoms with Gasteiger partial charge in [0.05, 0.1) is 7.11 Å². The smallest absolute Gasteiger partial charge is 0.305 e. The highest BCUT2D eigenvalue weighted by atomic mass is 16.5. The lowest BCUT2D eigenvalue weighted by Crippen LogP contribution is -2.25. The molecule has 4 nitrogen and oxygen atoms in total. The Bertz CT molecular complexity index is 168. The first-order chi connectivity index (χ1) is 5.57.